The van der Waals surface area contributed by atoms with Gasteiger partial charge in [-0.2, -0.15) is 0 Å². The third-order valence-corrected chi connectivity index (χ3v) is 6.05. The largest absolute Gasteiger partial charge is 0.481 e. The van der Waals surface area contributed by atoms with Crippen LogP contribution in [0.4, 0.5) is 5.69 Å². The molecule has 6 nitrogen and oxygen atoms in total. The van der Waals surface area contributed by atoms with Crippen molar-refractivity contribution in [3.8, 4) is 5.75 Å². The summed E-state index contributed by atoms with van der Waals surface area (Å²) < 4.78 is 30.3. The maximum absolute atomic E-state index is 12.8. The highest BCUT2D eigenvalue weighted by molar-refractivity contribution is 7.92. The van der Waals surface area contributed by atoms with E-state index < -0.39 is 16.1 Å². The minimum absolute atomic E-state index is 0.0773. The van der Waals surface area contributed by atoms with Gasteiger partial charge < -0.3 is 10.1 Å². The Morgan fingerprint density at radius 1 is 1.03 bits per heavy atom. The lowest BCUT2D eigenvalue weighted by atomic mass is 10.0. The predicted molar refractivity (Wildman–Crippen MR) is 117 cm³/mol. The molecule has 2 rings (SSSR count). The molecule has 0 aliphatic carbocycles. The monoisotopic (exact) mass is 418 g/mol. The average Bonchev–Trinajstić information content (AvgIpc) is 2.70. The van der Waals surface area contributed by atoms with Gasteiger partial charge in [0, 0.05) is 7.05 Å². The number of sulfonamides is 1. The van der Waals surface area contributed by atoms with E-state index in [1.807, 2.05) is 45.0 Å². The van der Waals surface area contributed by atoms with Crippen LogP contribution in [-0.2, 0) is 14.8 Å². The molecule has 0 heterocycles. The van der Waals surface area contributed by atoms with Crippen molar-refractivity contribution in [3.05, 3.63) is 59.7 Å². The molecule has 0 saturated carbocycles. The number of carbonyl (C=O) groups excluding carboxylic acids is 1. The van der Waals surface area contributed by atoms with Crippen LogP contribution in [0.5, 0.6) is 5.75 Å². The quantitative estimate of drug-likeness (QED) is 0.672. The minimum Gasteiger partial charge on any atom is -0.481 e. The number of anilines is 1. The van der Waals surface area contributed by atoms with Crippen molar-refractivity contribution < 1.29 is 17.9 Å². The lowest BCUT2D eigenvalue weighted by Gasteiger charge is -2.23. The lowest BCUT2D eigenvalue weighted by molar-refractivity contribution is -0.128. The molecule has 0 bridgehead atoms. The van der Waals surface area contributed by atoms with E-state index in [1.165, 1.54) is 16.9 Å². The van der Waals surface area contributed by atoms with E-state index in [2.05, 4.69) is 5.32 Å². The van der Waals surface area contributed by atoms with Crippen LogP contribution in [0, 0.1) is 6.92 Å². The zero-order chi connectivity index (χ0) is 21.6. The van der Waals surface area contributed by atoms with E-state index in [1.54, 1.807) is 24.3 Å². The number of hydrogen-bond acceptors (Lipinski definition) is 4. The Hall–Kier alpha value is -2.54. The molecular weight excluding hydrogens is 388 g/mol. The third-order valence-electron chi connectivity index (χ3n) is 4.84. The van der Waals surface area contributed by atoms with Gasteiger partial charge in [-0.15, -0.1) is 0 Å². The van der Waals surface area contributed by atoms with Crippen molar-refractivity contribution in [2.45, 2.75) is 45.8 Å². The first-order valence-corrected chi connectivity index (χ1v) is 11.6. The molecule has 158 valence electrons. The smallest absolute Gasteiger partial charge is 0.261 e. The molecule has 29 heavy (non-hydrogen) atoms. The Morgan fingerprint density at radius 3 is 2.10 bits per heavy atom. The van der Waals surface area contributed by atoms with E-state index >= 15 is 0 Å². The highest BCUT2D eigenvalue weighted by Crippen LogP contribution is 2.22. The highest BCUT2D eigenvalue weighted by atomic mass is 32.2. The summed E-state index contributed by atoms with van der Waals surface area (Å²) in [6.07, 6.45) is 1.80. The fourth-order valence-electron chi connectivity index (χ4n) is 2.90. The van der Waals surface area contributed by atoms with Crippen LogP contribution in [0.25, 0.3) is 0 Å². The molecule has 7 heteroatoms. The van der Waals surface area contributed by atoms with Gasteiger partial charge in [-0.3, -0.25) is 9.10 Å². The molecule has 2 aromatic rings. The van der Waals surface area contributed by atoms with Gasteiger partial charge in [-0.05, 0) is 49.6 Å². The minimum atomic E-state index is -3.33. The molecule has 0 saturated heterocycles. The molecule has 1 N–H and O–H groups in total. The molecule has 0 aromatic heterocycles. The lowest BCUT2D eigenvalue weighted by Crippen LogP contribution is -2.39. The van der Waals surface area contributed by atoms with Gasteiger partial charge in [0.1, 0.15) is 5.75 Å². The second-order valence-corrected chi connectivity index (χ2v) is 9.13. The fraction of sp³-hybridized carbons (Fsp3) is 0.409. The van der Waals surface area contributed by atoms with Gasteiger partial charge in [0.25, 0.3) is 5.91 Å². The highest BCUT2D eigenvalue weighted by Gasteiger charge is 2.22. The van der Waals surface area contributed by atoms with Crippen LogP contribution in [0.2, 0.25) is 0 Å². The number of aryl methyl sites for hydroxylation is 1. The van der Waals surface area contributed by atoms with Crippen molar-refractivity contribution in [2.75, 3.05) is 17.6 Å². The Balaban J connectivity index is 2.06. The van der Waals surface area contributed by atoms with E-state index in [0.29, 0.717) is 17.9 Å². The molecule has 0 aliphatic heterocycles. The van der Waals surface area contributed by atoms with Crippen LogP contribution in [0.3, 0.4) is 0 Å². The molecule has 0 aliphatic rings. The molecule has 1 amide bonds. The summed E-state index contributed by atoms with van der Waals surface area (Å²) in [6, 6.07) is 14.7. The van der Waals surface area contributed by atoms with Crippen LogP contribution in [0.15, 0.2) is 48.5 Å². The van der Waals surface area contributed by atoms with Crippen LogP contribution in [-0.4, -0.2) is 33.7 Å². The summed E-state index contributed by atoms with van der Waals surface area (Å²) in [4.78, 5) is 12.8. The van der Waals surface area contributed by atoms with Crippen LogP contribution >= 0.6 is 0 Å². The summed E-state index contributed by atoms with van der Waals surface area (Å²) in [5.41, 5.74) is 2.77. The maximum atomic E-state index is 12.8. The third kappa shape index (κ3) is 6.22. The Labute approximate surface area is 173 Å². The standard InChI is InChI=1S/C22H30N2O4S/c1-6-20(17-10-8-16(3)9-11-17)23-22(25)21(7-2)28-19-14-12-18(13-15-19)24(4)29(5,26)27/h8-15,20-21H,6-7H2,1-5H3,(H,23,25)/t20-,21+/m1/s1. The van der Waals surface area contributed by atoms with Crippen molar-refractivity contribution in [1.82, 2.24) is 5.32 Å². The number of nitrogens with zero attached hydrogens (tertiary/aromatic N) is 1. The van der Waals surface area contributed by atoms with Crippen LogP contribution < -0.4 is 14.4 Å². The van der Waals surface area contributed by atoms with Crippen LogP contribution in [0.1, 0.15) is 43.9 Å². The molecule has 0 fully saturated rings. The second-order valence-electron chi connectivity index (χ2n) is 7.12. The summed E-state index contributed by atoms with van der Waals surface area (Å²) in [5, 5.41) is 3.07. The normalized spacial score (nSPS) is 13.4. The summed E-state index contributed by atoms with van der Waals surface area (Å²) >= 11 is 0. The zero-order valence-electron chi connectivity index (χ0n) is 17.7. The Bertz CT molecular complexity index is 909. The Morgan fingerprint density at radius 2 is 1.62 bits per heavy atom. The predicted octanol–water partition coefficient (Wildman–Crippen LogP) is 3.82. The first kappa shape index (κ1) is 22.7. The number of amides is 1. The number of nitrogens with one attached hydrogen (secondary N) is 1. The van der Waals surface area contributed by atoms with Crippen molar-refractivity contribution in [2.24, 2.45) is 0 Å². The molecule has 0 radical (unpaired) electrons. The average molecular weight is 419 g/mol. The van der Waals surface area contributed by atoms with Gasteiger partial charge in [0.05, 0.1) is 18.0 Å². The zero-order valence-corrected chi connectivity index (χ0v) is 18.5. The molecule has 0 unspecified atom stereocenters. The number of ether oxygens (including phenoxy) is 1. The number of carbonyl (C=O) groups is 1. The number of rotatable bonds is 9. The van der Waals surface area contributed by atoms with E-state index in [9.17, 15) is 13.2 Å². The second kappa shape index (κ2) is 9.78. The summed E-state index contributed by atoms with van der Waals surface area (Å²) in [5.74, 6) is 0.346. The summed E-state index contributed by atoms with van der Waals surface area (Å²) in [6.45, 7) is 5.95. The van der Waals surface area contributed by atoms with Gasteiger partial charge in [-0.1, -0.05) is 43.7 Å². The molecule has 2 aromatic carbocycles. The molecule has 2 atom stereocenters. The van der Waals surface area contributed by atoms with Gasteiger partial charge in [-0.25, -0.2) is 8.42 Å². The van der Waals surface area contributed by atoms with E-state index in [-0.39, 0.29) is 11.9 Å². The Kier molecular flexibility index (Phi) is 7.67. The molecule has 0 spiro atoms. The van der Waals surface area contributed by atoms with E-state index in [4.69, 9.17) is 4.74 Å². The van der Waals surface area contributed by atoms with E-state index in [0.717, 1.165) is 18.2 Å². The number of hydrogen-bond donors (Lipinski definition) is 1. The van der Waals surface area contributed by atoms with Crippen molar-refractivity contribution >= 4 is 21.6 Å². The number of benzene rings is 2. The summed E-state index contributed by atoms with van der Waals surface area (Å²) in [7, 11) is -1.84. The maximum Gasteiger partial charge on any atom is 0.261 e. The van der Waals surface area contributed by atoms with Crippen molar-refractivity contribution in [1.29, 1.82) is 0 Å². The van der Waals surface area contributed by atoms with Gasteiger partial charge in [0.2, 0.25) is 10.0 Å². The van der Waals surface area contributed by atoms with Crippen molar-refractivity contribution in [3.63, 3.8) is 0 Å². The topological polar surface area (TPSA) is 75.7 Å². The fourth-order valence-corrected chi connectivity index (χ4v) is 3.40. The SMILES string of the molecule is CC[C@H](Oc1ccc(N(C)S(C)(=O)=O)cc1)C(=O)N[C@H](CC)c1ccc(C)cc1. The van der Waals surface area contributed by atoms with Gasteiger partial charge in [0.15, 0.2) is 6.10 Å². The van der Waals surface area contributed by atoms with Gasteiger partial charge >= 0.3 is 0 Å². The molecular formula is C22H30N2O4S. The first-order valence-electron chi connectivity index (χ1n) is 9.73. The first-order chi connectivity index (χ1) is 13.7.